The Labute approximate surface area is 139 Å². The van der Waals surface area contributed by atoms with E-state index in [4.69, 9.17) is 14.0 Å². The van der Waals surface area contributed by atoms with Crippen molar-refractivity contribution in [1.82, 2.24) is 0 Å². The Hall–Kier alpha value is -2.46. The third kappa shape index (κ3) is 6.34. The van der Waals surface area contributed by atoms with Gasteiger partial charge in [-0.2, -0.15) is 13.5 Å². The van der Waals surface area contributed by atoms with Crippen molar-refractivity contribution < 1.29 is 32.0 Å². The summed E-state index contributed by atoms with van der Waals surface area (Å²) < 4.78 is 40.4. The SMILES string of the molecule is CCOC(=O)C/C(=N/Nc1ccc(S(=O)(=O)O)cc1)C(=O)OCC. The Morgan fingerprint density at radius 1 is 1.12 bits per heavy atom. The Balaban J connectivity index is 2.89. The van der Waals surface area contributed by atoms with E-state index in [9.17, 15) is 18.0 Å². The highest BCUT2D eigenvalue weighted by Crippen LogP contribution is 2.13. The summed E-state index contributed by atoms with van der Waals surface area (Å²) in [6.45, 7) is 3.53. The second kappa shape index (κ2) is 8.99. The van der Waals surface area contributed by atoms with Crippen molar-refractivity contribution in [2.24, 2.45) is 5.10 Å². The van der Waals surface area contributed by atoms with E-state index in [1.54, 1.807) is 13.8 Å². The van der Waals surface area contributed by atoms with Gasteiger partial charge in [-0.15, -0.1) is 0 Å². The van der Waals surface area contributed by atoms with Gasteiger partial charge in [-0.05, 0) is 38.1 Å². The standard InChI is InChI=1S/C14H18N2O7S/c1-3-22-13(17)9-12(14(18)23-4-2)16-15-10-5-7-11(8-6-10)24(19,20)21/h5-8,15H,3-4,9H2,1-2H3,(H,19,20,21)/b16-12-. The smallest absolute Gasteiger partial charge is 0.355 e. The van der Waals surface area contributed by atoms with E-state index < -0.39 is 22.1 Å². The average molecular weight is 358 g/mol. The third-order valence-electron chi connectivity index (χ3n) is 2.60. The molecular formula is C14H18N2O7S. The molecule has 2 N–H and O–H groups in total. The third-order valence-corrected chi connectivity index (χ3v) is 3.47. The number of nitrogens with one attached hydrogen (secondary N) is 1. The van der Waals surface area contributed by atoms with Gasteiger partial charge in [0.05, 0.1) is 30.2 Å². The molecule has 0 atom stereocenters. The van der Waals surface area contributed by atoms with Crippen LogP contribution in [-0.4, -0.2) is 43.8 Å². The minimum atomic E-state index is -4.29. The van der Waals surface area contributed by atoms with Crippen LogP contribution < -0.4 is 5.43 Å². The highest BCUT2D eigenvalue weighted by Gasteiger charge is 2.18. The molecule has 1 aromatic carbocycles. The van der Waals surface area contributed by atoms with Crippen LogP contribution in [0.5, 0.6) is 0 Å². The Morgan fingerprint density at radius 3 is 2.21 bits per heavy atom. The van der Waals surface area contributed by atoms with Crippen LogP contribution in [0, 0.1) is 0 Å². The van der Waals surface area contributed by atoms with Gasteiger partial charge in [0.25, 0.3) is 10.1 Å². The predicted octanol–water partition coefficient (Wildman–Crippen LogP) is 1.22. The van der Waals surface area contributed by atoms with Crippen LogP contribution >= 0.6 is 0 Å². The van der Waals surface area contributed by atoms with Gasteiger partial charge in [-0.1, -0.05) is 0 Å². The van der Waals surface area contributed by atoms with Crippen LogP contribution in [0.3, 0.4) is 0 Å². The van der Waals surface area contributed by atoms with Crippen molar-refractivity contribution >= 4 is 33.5 Å². The molecule has 10 heteroatoms. The maximum Gasteiger partial charge on any atom is 0.355 e. The fourth-order valence-corrected chi connectivity index (χ4v) is 2.03. The van der Waals surface area contributed by atoms with Crippen LogP contribution in [0.15, 0.2) is 34.3 Å². The molecule has 0 aromatic heterocycles. The number of hydrogen-bond acceptors (Lipinski definition) is 8. The molecule has 0 fully saturated rings. The summed E-state index contributed by atoms with van der Waals surface area (Å²) >= 11 is 0. The minimum Gasteiger partial charge on any atom is -0.466 e. The quantitative estimate of drug-likeness (QED) is 0.307. The van der Waals surface area contributed by atoms with E-state index in [1.165, 1.54) is 12.1 Å². The van der Waals surface area contributed by atoms with Crippen LogP contribution in [0.2, 0.25) is 0 Å². The van der Waals surface area contributed by atoms with Gasteiger partial charge in [-0.3, -0.25) is 14.8 Å². The molecule has 0 spiro atoms. The second-order valence-electron chi connectivity index (χ2n) is 4.37. The first-order valence-corrected chi connectivity index (χ1v) is 8.44. The van der Waals surface area contributed by atoms with Crippen LogP contribution in [0.25, 0.3) is 0 Å². The first-order valence-electron chi connectivity index (χ1n) is 7.00. The van der Waals surface area contributed by atoms with Crippen LogP contribution in [0.1, 0.15) is 20.3 Å². The predicted molar refractivity (Wildman–Crippen MR) is 85.2 cm³/mol. The molecule has 0 aliphatic heterocycles. The van der Waals surface area contributed by atoms with E-state index in [0.717, 1.165) is 12.1 Å². The summed E-state index contributed by atoms with van der Waals surface area (Å²) in [5.41, 5.74) is 2.67. The zero-order valence-corrected chi connectivity index (χ0v) is 14.0. The number of anilines is 1. The molecule has 0 aliphatic carbocycles. The van der Waals surface area contributed by atoms with E-state index >= 15 is 0 Å². The largest absolute Gasteiger partial charge is 0.466 e. The summed E-state index contributed by atoms with van der Waals surface area (Å²) in [7, 11) is -4.29. The van der Waals surface area contributed by atoms with E-state index in [0.29, 0.717) is 5.69 Å². The monoisotopic (exact) mass is 358 g/mol. The van der Waals surface area contributed by atoms with E-state index in [1.807, 2.05) is 0 Å². The summed E-state index contributed by atoms with van der Waals surface area (Å²) in [4.78, 5) is 23.0. The molecule has 0 unspecified atom stereocenters. The summed E-state index contributed by atoms with van der Waals surface area (Å²) in [5.74, 6) is -1.40. The molecule has 132 valence electrons. The molecule has 0 bridgehead atoms. The number of hydrazone groups is 1. The van der Waals surface area contributed by atoms with Gasteiger partial charge < -0.3 is 9.47 Å². The van der Waals surface area contributed by atoms with Crippen molar-refractivity contribution in [3.05, 3.63) is 24.3 Å². The fourth-order valence-electron chi connectivity index (χ4n) is 1.55. The van der Waals surface area contributed by atoms with Crippen molar-refractivity contribution in [2.45, 2.75) is 25.2 Å². The lowest BCUT2D eigenvalue weighted by atomic mass is 10.3. The molecule has 0 aliphatic rings. The Bertz CT molecular complexity index is 711. The number of benzene rings is 1. The molecule has 24 heavy (non-hydrogen) atoms. The number of ether oxygens (including phenoxy) is 2. The highest BCUT2D eigenvalue weighted by atomic mass is 32.2. The molecule has 0 saturated heterocycles. The lowest BCUT2D eigenvalue weighted by Crippen LogP contribution is -2.23. The topological polar surface area (TPSA) is 131 Å². The number of carbonyl (C=O) groups is 2. The molecule has 0 heterocycles. The number of esters is 2. The normalized spacial score (nSPS) is 11.7. The number of hydrogen-bond donors (Lipinski definition) is 2. The summed E-state index contributed by atoms with van der Waals surface area (Å²) in [5, 5.41) is 3.81. The van der Waals surface area contributed by atoms with Gasteiger partial charge in [0, 0.05) is 0 Å². The minimum absolute atomic E-state index is 0.115. The first-order chi connectivity index (χ1) is 11.3. The molecule has 0 saturated carbocycles. The van der Waals surface area contributed by atoms with E-state index in [2.05, 4.69) is 10.5 Å². The number of rotatable bonds is 8. The van der Waals surface area contributed by atoms with Crippen LogP contribution in [0.4, 0.5) is 5.69 Å². The molecule has 1 aromatic rings. The first kappa shape index (κ1) is 19.6. The fraction of sp³-hybridized carbons (Fsp3) is 0.357. The zero-order chi connectivity index (χ0) is 18.2. The number of carbonyl (C=O) groups excluding carboxylic acids is 2. The zero-order valence-electron chi connectivity index (χ0n) is 13.2. The molecule has 0 amide bonds. The van der Waals surface area contributed by atoms with Crippen LogP contribution in [-0.2, 0) is 29.2 Å². The summed E-state index contributed by atoms with van der Waals surface area (Å²) in [6, 6.07) is 4.98. The van der Waals surface area contributed by atoms with Gasteiger partial charge in [0.1, 0.15) is 0 Å². The van der Waals surface area contributed by atoms with Crippen molar-refractivity contribution in [2.75, 3.05) is 18.6 Å². The van der Waals surface area contributed by atoms with Crippen molar-refractivity contribution in [3.63, 3.8) is 0 Å². The van der Waals surface area contributed by atoms with Gasteiger partial charge in [0.2, 0.25) is 0 Å². The molecular weight excluding hydrogens is 340 g/mol. The lowest BCUT2D eigenvalue weighted by molar-refractivity contribution is -0.143. The van der Waals surface area contributed by atoms with Crippen molar-refractivity contribution in [1.29, 1.82) is 0 Å². The Kier molecular flexibility index (Phi) is 7.33. The second-order valence-corrected chi connectivity index (χ2v) is 5.79. The molecule has 1 rings (SSSR count). The maximum absolute atomic E-state index is 11.8. The summed E-state index contributed by atoms with van der Waals surface area (Å²) in [6.07, 6.45) is -0.372. The van der Waals surface area contributed by atoms with E-state index in [-0.39, 0.29) is 30.2 Å². The number of nitrogens with zero attached hydrogens (tertiary/aromatic N) is 1. The highest BCUT2D eigenvalue weighted by molar-refractivity contribution is 7.85. The van der Waals surface area contributed by atoms with Gasteiger partial charge in [0.15, 0.2) is 5.71 Å². The van der Waals surface area contributed by atoms with Crippen molar-refractivity contribution in [3.8, 4) is 0 Å². The average Bonchev–Trinajstić information content (AvgIpc) is 2.51. The van der Waals surface area contributed by atoms with Gasteiger partial charge in [-0.25, -0.2) is 4.79 Å². The Morgan fingerprint density at radius 2 is 1.71 bits per heavy atom. The molecule has 0 radical (unpaired) electrons. The molecule has 9 nitrogen and oxygen atoms in total. The lowest BCUT2D eigenvalue weighted by Gasteiger charge is -2.07. The maximum atomic E-state index is 11.8. The van der Waals surface area contributed by atoms with Gasteiger partial charge >= 0.3 is 11.9 Å².